The van der Waals surface area contributed by atoms with Crippen LogP contribution in [0, 0.1) is 0 Å². The molecule has 0 bridgehead atoms. The Balaban J connectivity index is 2.58. The van der Waals surface area contributed by atoms with E-state index in [9.17, 15) is 9.59 Å². The molecule has 1 fully saturated rings. The molecule has 1 aliphatic rings. The van der Waals surface area contributed by atoms with Crippen molar-refractivity contribution in [2.75, 3.05) is 38.2 Å². The van der Waals surface area contributed by atoms with E-state index in [0.29, 0.717) is 26.1 Å². The van der Waals surface area contributed by atoms with Gasteiger partial charge in [0.15, 0.2) is 0 Å². The number of piperazine rings is 1. The smallest absolute Gasteiger partial charge is 0.330 e. The predicted molar refractivity (Wildman–Crippen MR) is 68.0 cm³/mol. The van der Waals surface area contributed by atoms with E-state index in [0.717, 1.165) is 12.3 Å². The number of rotatable bonds is 5. The minimum absolute atomic E-state index is 0.0407. The molecule has 5 nitrogen and oxygen atoms in total. The molecule has 1 saturated heterocycles. The van der Waals surface area contributed by atoms with Crippen molar-refractivity contribution >= 4 is 23.6 Å². The van der Waals surface area contributed by atoms with E-state index in [-0.39, 0.29) is 11.9 Å². The lowest BCUT2D eigenvalue weighted by Crippen LogP contribution is -2.57. The number of carbonyl (C=O) groups excluding carboxylic acids is 2. The molecule has 1 heterocycles. The Morgan fingerprint density at radius 2 is 2.29 bits per heavy atom. The van der Waals surface area contributed by atoms with Crippen molar-refractivity contribution < 1.29 is 14.3 Å². The first kappa shape index (κ1) is 14.3. The number of nitrogens with one attached hydrogen (secondary N) is 1. The summed E-state index contributed by atoms with van der Waals surface area (Å²) in [6.45, 7) is 3.93. The topological polar surface area (TPSA) is 58.6 Å². The lowest BCUT2D eigenvalue weighted by molar-refractivity contribution is -0.155. The predicted octanol–water partition coefficient (Wildman–Crippen LogP) is 0.103. The molecular weight excluding hydrogens is 240 g/mol. The van der Waals surface area contributed by atoms with E-state index in [2.05, 4.69) is 5.32 Å². The van der Waals surface area contributed by atoms with Gasteiger partial charge in [-0.25, -0.2) is 4.79 Å². The number of hydrogen-bond acceptors (Lipinski definition) is 5. The normalized spacial score (nSPS) is 20.1. The van der Waals surface area contributed by atoms with Crippen LogP contribution in [0.25, 0.3) is 0 Å². The lowest BCUT2D eigenvalue weighted by atomic mass is 10.2. The Morgan fingerprint density at radius 3 is 2.94 bits per heavy atom. The number of nitrogens with zero attached hydrogens (tertiary/aromatic N) is 1. The van der Waals surface area contributed by atoms with Crippen LogP contribution in [-0.4, -0.2) is 61.1 Å². The lowest BCUT2D eigenvalue weighted by Gasteiger charge is -2.34. The highest BCUT2D eigenvalue weighted by Crippen LogP contribution is 2.09. The average Bonchev–Trinajstić information content (AvgIpc) is 2.36. The summed E-state index contributed by atoms with van der Waals surface area (Å²) in [6, 6.07) is -0.460. The summed E-state index contributed by atoms with van der Waals surface area (Å²) in [7, 11) is 0. The van der Waals surface area contributed by atoms with Crippen molar-refractivity contribution in [1.82, 2.24) is 10.2 Å². The first-order chi connectivity index (χ1) is 8.20. The Labute approximate surface area is 106 Å². The zero-order chi connectivity index (χ0) is 12.7. The molecule has 1 amide bonds. The molecule has 1 rings (SSSR count). The van der Waals surface area contributed by atoms with Crippen LogP contribution in [0.3, 0.4) is 0 Å². The summed E-state index contributed by atoms with van der Waals surface area (Å²) in [5.74, 6) is 0.522. The Kier molecular flexibility index (Phi) is 6.36. The highest BCUT2D eigenvalue weighted by molar-refractivity contribution is 7.98. The summed E-state index contributed by atoms with van der Waals surface area (Å²) in [5.41, 5.74) is 0. The molecule has 0 radical (unpaired) electrons. The molecule has 0 saturated carbocycles. The number of carbonyl (C=O) groups is 2. The van der Waals surface area contributed by atoms with Gasteiger partial charge in [-0.05, 0) is 13.2 Å². The third kappa shape index (κ3) is 4.20. The van der Waals surface area contributed by atoms with Gasteiger partial charge in [0, 0.05) is 31.8 Å². The summed E-state index contributed by atoms with van der Waals surface area (Å²) in [4.78, 5) is 25.3. The monoisotopic (exact) mass is 260 g/mol. The van der Waals surface area contributed by atoms with Crippen LogP contribution in [0.1, 0.15) is 13.3 Å². The van der Waals surface area contributed by atoms with Crippen molar-refractivity contribution in [2.45, 2.75) is 19.4 Å². The second kappa shape index (κ2) is 7.55. The number of ether oxygens (including phenoxy) is 1. The summed E-state index contributed by atoms with van der Waals surface area (Å²) in [6.07, 6.45) is 2.45. The van der Waals surface area contributed by atoms with Gasteiger partial charge in [-0.15, -0.1) is 0 Å². The Morgan fingerprint density at radius 1 is 1.53 bits per heavy atom. The molecule has 6 heteroatoms. The zero-order valence-corrected chi connectivity index (χ0v) is 11.2. The second-order valence-corrected chi connectivity index (χ2v) is 4.79. The standard InChI is InChI=1S/C11H20N2O3S/c1-3-16-11(15)9-8-12-5-6-13(9)10(14)4-7-17-2/h9,12H,3-8H2,1-2H3. The first-order valence-corrected chi connectivity index (χ1v) is 7.25. The number of esters is 1. The molecule has 0 aromatic carbocycles. The minimum atomic E-state index is -0.460. The van der Waals surface area contributed by atoms with Crippen LogP contribution >= 0.6 is 11.8 Å². The molecular formula is C11H20N2O3S. The highest BCUT2D eigenvalue weighted by Gasteiger charge is 2.32. The quantitative estimate of drug-likeness (QED) is 0.711. The second-order valence-electron chi connectivity index (χ2n) is 3.80. The van der Waals surface area contributed by atoms with Gasteiger partial charge >= 0.3 is 5.97 Å². The summed E-state index contributed by atoms with van der Waals surface area (Å²) >= 11 is 1.63. The molecule has 1 aliphatic heterocycles. The van der Waals surface area contributed by atoms with E-state index in [1.54, 1.807) is 23.6 Å². The van der Waals surface area contributed by atoms with Crippen molar-refractivity contribution in [3.8, 4) is 0 Å². The van der Waals surface area contributed by atoms with Gasteiger partial charge in [0.25, 0.3) is 0 Å². The van der Waals surface area contributed by atoms with Gasteiger partial charge in [0.1, 0.15) is 6.04 Å². The largest absolute Gasteiger partial charge is 0.464 e. The molecule has 0 aliphatic carbocycles. The van der Waals surface area contributed by atoms with Crippen LogP contribution in [0.2, 0.25) is 0 Å². The van der Waals surface area contributed by atoms with E-state index in [4.69, 9.17) is 4.74 Å². The molecule has 98 valence electrons. The van der Waals surface area contributed by atoms with E-state index in [1.165, 1.54) is 0 Å². The van der Waals surface area contributed by atoms with Crippen molar-refractivity contribution in [3.05, 3.63) is 0 Å². The Bertz CT molecular complexity index is 273. The van der Waals surface area contributed by atoms with Gasteiger partial charge in [0.2, 0.25) is 5.91 Å². The third-order valence-electron chi connectivity index (χ3n) is 2.64. The van der Waals surface area contributed by atoms with Gasteiger partial charge in [0.05, 0.1) is 6.61 Å². The highest BCUT2D eigenvalue weighted by atomic mass is 32.2. The average molecular weight is 260 g/mol. The Hall–Kier alpha value is -0.750. The van der Waals surface area contributed by atoms with Crippen LogP contribution in [0.5, 0.6) is 0 Å². The van der Waals surface area contributed by atoms with Crippen LogP contribution in [0.4, 0.5) is 0 Å². The molecule has 1 atom stereocenters. The van der Waals surface area contributed by atoms with Gasteiger partial charge in [-0.2, -0.15) is 11.8 Å². The van der Waals surface area contributed by atoms with Crippen LogP contribution in [-0.2, 0) is 14.3 Å². The molecule has 1 N–H and O–H groups in total. The third-order valence-corrected chi connectivity index (χ3v) is 3.25. The fourth-order valence-corrected chi connectivity index (χ4v) is 2.16. The van der Waals surface area contributed by atoms with Gasteiger partial charge < -0.3 is 15.0 Å². The van der Waals surface area contributed by atoms with Gasteiger partial charge in [-0.3, -0.25) is 4.79 Å². The molecule has 0 aromatic heterocycles. The summed E-state index contributed by atoms with van der Waals surface area (Å²) < 4.78 is 4.99. The van der Waals surface area contributed by atoms with E-state index in [1.807, 2.05) is 6.26 Å². The molecule has 0 aromatic rings. The first-order valence-electron chi connectivity index (χ1n) is 5.86. The maximum absolute atomic E-state index is 12.0. The zero-order valence-electron chi connectivity index (χ0n) is 10.4. The van der Waals surface area contributed by atoms with E-state index < -0.39 is 6.04 Å². The van der Waals surface area contributed by atoms with Crippen molar-refractivity contribution in [3.63, 3.8) is 0 Å². The minimum Gasteiger partial charge on any atom is -0.464 e. The van der Waals surface area contributed by atoms with Crippen molar-refractivity contribution in [1.29, 1.82) is 0 Å². The maximum atomic E-state index is 12.0. The maximum Gasteiger partial charge on any atom is 0.330 e. The van der Waals surface area contributed by atoms with Crippen molar-refractivity contribution in [2.24, 2.45) is 0 Å². The number of amides is 1. The molecule has 1 unspecified atom stereocenters. The van der Waals surface area contributed by atoms with Gasteiger partial charge in [-0.1, -0.05) is 0 Å². The molecule has 0 spiro atoms. The van der Waals surface area contributed by atoms with E-state index >= 15 is 0 Å². The van der Waals surface area contributed by atoms with Crippen LogP contribution < -0.4 is 5.32 Å². The number of hydrogen-bond donors (Lipinski definition) is 1. The summed E-state index contributed by atoms with van der Waals surface area (Å²) in [5, 5.41) is 3.12. The number of thioether (sulfide) groups is 1. The fraction of sp³-hybridized carbons (Fsp3) is 0.818. The SMILES string of the molecule is CCOC(=O)C1CNCCN1C(=O)CCSC. The van der Waals surface area contributed by atoms with Crippen LogP contribution in [0.15, 0.2) is 0 Å². The molecule has 17 heavy (non-hydrogen) atoms. The fourth-order valence-electron chi connectivity index (χ4n) is 1.78.